The van der Waals surface area contributed by atoms with Crippen molar-refractivity contribution in [2.75, 3.05) is 18.8 Å². The van der Waals surface area contributed by atoms with Crippen molar-refractivity contribution in [1.82, 2.24) is 10.0 Å². The average molecular weight is 234 g/mol. The van der Waals surface area contributed by atoms with Crippen molar-refractivity contribution in [3.05, 3.63) is 0 Å². The van der Waals surface area contributed by atoms with Crippen LogP contribution in [0.2, 0.25) is 0 Å². The van der Waals surface area contributed by atoms with Gasteiger partial charge >= 0.3 is 0 Å². The van der Waals surface area contributed by atoms with Crippen LogP contribution in [-0.2, 0) is 10.0 Å². The number of sulfonamides is 1. The molecule has 1 rings (SSSR count). The van der Waals surface area contributed by atoms with Gasteiger partial charge in [-0.05, 0) is 32.2 Å². The van der Waals surface area contributed by atoms with E-state index in [1.807, 2.05) is 0 Å². The minimum atomic E-state index is -3.04. The Labute approximate surface area is 92.9 Å². The van der Waals surface area contributed by atoms with E-state index in [0.717, 1.165) is 13.0 Å². The molecule has 4 nitrogen and oxygen atoms in total. The summed E-state index contributed by atoms with van der Waals surface area (Å²) in [5.41, 5.74) is 0. The lowest BCUT2D eigenvalue weighted by Crippen LogP contribution is -2.48. The molecule has 0 saturated carbocycles. The Bertz CT molecular complexity index is 277. The molecule has 0 bridgehead atoms. The quantitative estimate of drug-likeness (QED) is 0.736. The van der Waals surface area contributed by atoms with Crippen molar-refractivity contribution in [1.29, 1.82) is 0 Å². The molecular weight excluding hydrogens is 212 g/mol. The van der Waals surface area contributed by atoms with Crippen LogP contribution >= 0.6 is 0 Å². The van der Waals surface area contributed by atoms with E-state index in [4.69, 9.17) is 0 Å². The summed E-state index contributed by atoms with van der Waals surface area (Å²) in [5, 5.41) is 3.39. The smallest absolute Gasteiger partial charge is 0.211 e. The standard InChI is InChI=1S/C10H22N2O2S/c1-3-9-6-5-7-11-10(9)8-12-15(13,14)4-2/h9-12H,3-8H2,1-2H3. The first-order chi connectivity index (χ1) is 7.09. The van der Waals surface area contributed by atoms with E-state index >= 15 is 0 Å². The molecule has 15 heavy (non-hydrogen) atoms. The fraction of sp³-hybridized carbons (Fsp3) is 1.00. The first-order valence-corrected chi connectivity index (χ1v) is 7.45. The summed E-state index contributed by atoms with van der Waals surface area (Å²) in [6.45, 7) is 5.37. The highest BCUT2D eigenvalue weighted by atomic mass is 32.2. The molecular formula is C10H22N2O2S. The molecule has 1 aliphatic rings. The highest BCUT2D eigenvalue weighted by Gasteiger charge is 2.23. The maximum absolute atomic E-state index is 11.3. The fourth-order valence-electron chi connectivity index (χ4n) is 2.07. The molecule has 1 saturated heterocycles. The predicted octanol–water partition coefficient (Wildman–Crippen LogP) is 0.704. The highest BCUT2D eigenvalue weighted by molar-refractivity contribution is 7.89. The van der Waals surface area contributed by atoms with E-state index in [2.05, 4.69) is 17.0 Å². The zero-order valence-electron chi connectivity index (χ0n) is 9.62. The third-order valence-electron chi connectivity index (χ3n) is 3.15. The van der Waals surface area contributed by atoms with E-state index in [1.54, 1.807) is 6.92 Å². The molecule has 2 unspecified atom stereocenters. The summed E-state index contributed by atoms with van der Waals surface area (Å²) in [4.78, 5) is 0. The van der Waals surface area contributed by atoms with Gasteiger partial charge in [-0.1, -0.05) is 13.3 Å². The summed E-state index contributed by atoms with van der Waals surface area (Å²) in [6, 6.07) is 0.310. The Hall–Kier alpha value is -0.130. The summed E-state index contributed by atoms with van der Waals surface area (Å²) in [6.07, 6.45) is 3.53. The van der Waals surface area contributed by atoms with Gasteiger partial charge in [-0.25, -0.2) is 13.1 Å². The molecule has 0 amide bonds. The van der Waals surface area contributed by atoms with Crippen LogP contribution in [-0.4, -0.2) is 33.3 Å². The Balaban J connectivity index is 2.42. The molecule has 1 fully saturated rings. The second-order valence-corrected chi connectivity index (χ2v) is 6.22. The van der Waals surface area contributed by atoms with E-state index < -0.39 is 10.0 Å². The zero-order chi connectivity index (χ0) is 11.3. The SMILES string of the molecule is CCC1CCCNC1CNS(=O)(=O)CC. The molecule has 90 valence electrons. The molecule has 5 heteroatoms. The molecule has 0 aromatic carbocycles. The zero-order valence-corrected chi connectivity index (χ0v) is 10.4. The number of hydrogen-bond donors (Lipinski definition) is 2. The van der Waals surface area contributed by atoms with E-state index in [-0.39, 0.29) is 5.75 Å². The molecule has 0 aromatic rings. The Kier molecular flexibility index (Phi) is 5.02. The largest absolute Gasteiger partial charge is 0.312 e. The monoisotopic (exact) mass is 234 g/mol. The van der Waals surface area contributed by atoms with Gasteiger partial charge in [0.25, 0.3) is 0 Å². The van der Waals surface area contributed by atoms with E-state index in [9.17, 15) is 8.42 Å². The first-order valence-electron chi connectivity index (χ1n) is 5.79. The normalized spacial score (nSPS) is 27.9. The first kappa shape index (κ1) is 12.9. The molecule has 1 heterocycles. The van der Waals surface area contributed by atoms with Crippen molar-refractivity contribution in [2.24, 2.45) is 5.92 Å². The van der Waals surface area contributed by atoms with Crippen LogP contribution in [0, 0.1) is 5.92 Å². The van der Waals surface area contributed by atoms with E-state index in [0.29, 0.717) is 18.5 Å². The van der Waals surface area contributed by atoms with E-state index in [1.165, 1.54) is 12.8 Å². The topological polar surface area (TPSA) is 58.2 Å². The number of piperidine rings is 1. The van der Waals surface area contributed by atoms with Crippen LogP contribution < -0.4 is 10.0 Å². The predicted molar refractivity (Wildman–Crippen MR) is 62.3 cm³/mol. The number of nitrogens with one attached hydrogen (secondary N) is 2. The van der Waals surface area contributed by atoms with Crippen LogP contribution in [0.3, 0.4) is 0 Å². The van der Waals surface area contributed by atoms with Gasteiger partial charge in [-0.2, -0.15) is 0 Å². The van der Waals surface area contributed by atoms with Gasteiger partial charge in [0.2, 0.25) is 10.0 Å². The van der Waals surface area contributed by atoms with Gasteiger partial charge in [0.05, 0.1) is 5.75 Å². The molecule has 0 aliphatic carbocycles. The minimum Gasteiger partial charge on any atom is -0.312 e. The summed E-state index contributed by atoms with van der Waals surface area (Å²) >= 11 is 0. The lowest BCUT2D eigenvalue weighted by atomic mass is 9.89. The molecule has 0 radical (unpaired) electrons. The summed E-state index contributed by atoms with van der Waals surface area (Å²) < 4.78 is 25.2. The van der Waals surface area contributed by atoms with Crippen molar-refractivity contribution in [3.8, 4) is 0 Å². The molecule has 1 aliphatic heterocycles. The van der Waals surface area contributed by atoms with Gasteiger partial charge in [-0.3, -0.25) is 0 Å². The second-order valence-electron chi connectivity index (χ2n) is 4.12. The molecule has 2 atom stereocenters. The number of rotatable bonds is 5. The Morgan fingerprint density at radius 3 is 2.73 bits per heavy atom. The fourth-order valence-corrected chi connectivity index (χ4v) is 2.70. The van der Waals surface area contributed by atoms with Crippen molar-refractivity contribution in [3.63, 3.8) is 0 Å². The van der Waals surface area contributed by atoms with Crippen LogP contribution in [0.15, 0.2) is 0 Å². The van der Waals surface area contributed by atoms with Gasteiger partial charge in [0, 0.05) is 12.6 Å². The summed E-state index contributed by atoms with van der Waals surface area (Å²) in [7, 11) is -3.04. The number of hydrogen-bond acceptors (Lipinski definition) is 3. The minimum absolute atomic E-state index is 0.163. The maximum Gasteiger partial charge on any atom is 0.211 e. The van der Waals surface area contributed by atoms with Crippen LogP contribution in [0.25, 0.3) is 0 Å². The Morgan fingerprint density at radius 1 is 1.40 bits per heavy atom. The molecule has 2 N–H and O–H groups in total. The highest BCUT2D eigenvalue weighted by Crippen LogP contribution is 2.19. The molecule has 0 spiro atoms. The van der Waals surface area contributed by atoms with Gasteiger partial charge in [0.1, 0.15) is 0 Å². The van der Waals surface area contributed by atoms with Gasteiger partial charge in [0.15, 0.2) is 0 Å². The van der Waals surface area contributed by atoms with Crippen LogP contribution in [0.1, 0.15) is 33.1 Å². The van der Waals surface area contributed by atoms with Gasteiger partial charge in [-0.15, -0.1) is 0 Å². The van der Waals surface area contributed by atoms with Crippen LogP contribution in [0.5, 0.6) is 0 Å². The Morgan fingerprint density at radius 2 is 2.13 bits per heavy atom. The third kappa shape index (κ3) is 4.09. The maximum atomic E-state index is 11.3. The van der Waals surface area contributed by atoms with Crippen molar-refractivity contribution in [2.45, 2.75) is 39.2 Å². The lowest BCUT2D eigenvalue weighted by molar-refractivity contribution is 0.273. The van der Waals surface area contributed by atoms with Crippen molar-refractivity contribution < 1.29 is 8.42 Å². The van der Waals surface area contributed by atoms with Crippen molar-refractivity contribution >= 4 is 10.0 Å². The lowest BCUT2D eigenvalue weighted by Gasteiger charge is -2.32. The average Bonchev–Trinajstić information content (AvgIpc) is 2.27. The van der Waals surface area contributed by atoms with Crippen LogP contribution in [0.4, 0.5) is 0 Å². The van der Waals surface area contributed by atoms with Gasteiger partial charge < -0.3 is 5.32 Å². The summed E-state index contributed by atoms with van der Waals surface area (Å²) in [5.74, 6) is 0.773. The molecule has 0 aromatic heterocycles. The second kappa shape index (κ2) is 5.82. The third-order valence-corrected chi connectivity index (χ3v) is 4.52.